The molecule has 2 heterocycles. The van der Waals surface area contributed by atoms with Gasteiger partial charge in [0.15, 0.2) is 0 Å². The Balaban J connectivity index is 1.19. The molecule has 0 unspecified atom stereocenters. The summed E-state index contributed by atoms with van der Waals surface area (Å²) in [5.74, 6) is 1.23. The zero-order valence-electron chi connectivity index (χ0n) is 18.3. The Labute approximate surface area is 186 Å². The fraction of sp³-hybridized carbons (Fsp3) is 0.739. The maximum absolute atomic E-state index is 13.3. The highest BCUT2D eigenvalue weighted by Gasteiger charge is 2.55. The quantitative estimate of drug-likeness (QED) is 0.735. The number of halogens is 3. The topological polar surface area (TPSA) is 68.7 Å². The van der Waals surface area contributed by atoms with Crippen LogP contribution in [0.2, 0.25) is 0 Å². The lowest BCUT2D eigenvalue weighted by Gasteiger charge is -2.58. The predicted octanol–water partition coefficient (Wildman–Crippen LogP) is 2.67. The highest BCUT2D eigenvalue weighted by atomic mass is 19.4. The molecule has 2 N–H and O–H groups in total. The summed E-state index contributed by atoms with van der Waals surface area (Å²) in [6.45, 7) is 3.66. The van der Waals surface area contributed by atoms with Gasteiger partial charge in [-0.15, -0.1) is 0 Å². The van der Waals surface area contributed by atoms with E-state index < -0.39 is 17.3 Å². The molecule has 0 radical (unpaired) electrons. The smallest absolute Gasteiger partial charge is 0.390 e. The zero-order chi connectivity index (χ0) is 22.7. The number of alkyl halides is 3. The van der Waals surface area contributed by atoms with Crippen LogP contribution < -0.4 is 10.2 Å². The molecule has 6 rings (SSSR count). The van der Waals surface area contributed by atoms with E-state index in [0.29, 0.717) is 43.9 Å². The lowest BCUT2D eigenvalue weighted by molar-refractivity contribution is -0.148. The summed E-state index contributed by atoms with van der Waals surface area (Å²) in [6, 6.07) is 2.15. The van der Waals surface area contributed by atoms with Crippen LogP contribution in [0.5, 0.6) is 0 Å². The number of hydrogen-bond acceptors (Lipinski definition) is 5. The van der Waals surface area contributed by atoms with Gasteiger partial charge in [-0.1, -0.05) is 0 Å². The van der Waals surface area contributed by atoms with Crippen LogP contribution >= 0.6 is 0 Å². The second-order valence-electron chi connectivity index (χ2n) is 10.3. The van der Waals surface area contributed by atoms with Crippen molar-refractivity contribution >= 4 is 11.7 Å². The molecule has 1 saturated heterocycles. The zero-order valence-corrected chi connectivity index (χ0v) is 18.3. The highest BCUT2D eigenvalue weighted by Crippen LogP contribution is 2.55. The Morgan fingerprint density at radius 2 is 1.84 bits per heavy atom. The fourth-order valence-corrected chi connectivity index (χ4v) is 6.86. The van der Waals surface area contributed by atoms with E-state index in [9.17, 15) is 23.1 Å². The van der Waals surface area contributed by atoms with Crippen LogP contribution in [-0.2, 0) is 11.0 Å². The molecular weight excluding hydrogens is 421 g/mol. The van der Waals surface area contributed by atoms with Crippen molar-refractivity contribution < 1.29 is 23.1 Å². The number of anilines is 1. The average molecular weight is 453 g/mol. The molecule has 5 aliphatic rings. The first-order valence-electron chi connectivity index (χ1n) is 11.7. The minimum absolute atomic E-state index is 0.0169. The molecule has 4 bridgehead atoms. The molecule has 1 aromatic rings. The number of aliphatic hydroxyl groups is 1. The van der Waals surface area contributed by atoms with Gasteiger partial charge in [0.25, 0.3) is 0 Å². The van der Waals surface area contributed by atoms with E-state index in [2.05, 4.69) is 10.3 Å². The Kier molecular flexibility index (Phi) is 5.40. The Bertz CT molecular complexity index is 855. The maximum Gasteiger partial charge on any atom is 0.419 e. The van der Waals surface area contributed by atoms with Gasteiger partial charge in [0.2, 0.25) is 5.91 Å². The number of pyridine rings is 1. The largest absolute Gasteiger partial charge is 0.419 e. The van der Waals surface area contributed by atoms with Crippen molar-refractivity contribution in [3.8, 4) is 0 Å². The van der Waals surface area contributed by atoms with Crippen LogP contribution in [0.15, 0.2) is 18.3 Å². The van der Waals surface area contributed by atoms with E-state index >= 15 is 0 Å². The Hall–Kier alpha value is -1.87. The van der Waals surface area contributed by atoms with Crippen molar-refractivity contribution in [2.45, 2.75) is 62.9 Å². The minimum atomic E-state index is -4.44. The molecule has 9 heteroatoms. The molecule has 32 heavy (non-hydrogen) atoms. The molecule has 5 fully saturated rings. The Morgan fingerprint density at radius 1 is 1.19 bits per heavy atom. The number of rotatable bonds is 4. The van der Waals surface area contributed by atoms with Gasteiger partial charge in [-0.2, -0.15) is 13.2 Å². The number of carbonyl (C=O) groups excluding carboxylic acids is 1. The number of piperazine rings is 1. The third-order valence-corrected chi connectivity index (χ3v) is 8.18. The highest BCUT2D eigenvalue weighted by molar-refractivity contribution is 5.81. The van der Waals surface area contributed by atoms with Gasteiger partial charge in [0, 0.05) is 38.4 Å². The molecule has 4 saturated carbocycles. The van der Waals surface area contributed by atoms with E-state index in [1.54, 1.807) is 4.90 Å². The summed E-state index contributed by atoms with van der Waals surface area (Å²) in [5, 5.41) is 14.0. The molecule has 0 spiro atoms. The number of nitrogens with one attached hydrogen (secondary N) is 1. The molecule has 1 aliphatic heterocycles. The third kappa shape index (κ3) is 3.98. The molecule has 0 aromatic carbocycles. The molecule has 176 valence electrons. The van der Waals surface area contributed by atoms with Crippen LogP contribution in [0.4, 0.5) is 19.0 Å². The molecule has 1 amide bonds. The summed E-state index contributed by atoms with van der Waals surface area (Å²) in [6.07, 6.45) is 1.58. The first kappa shape index (κ1) is 21.9. The van der Waals surface area contributed by atoms with Crippen molar-refractivity contribution in [1.82, 2.24) is 15.2 Å². The second kappa shape index (κ2) is 7.87. The van der Waals surface area contributed by atoms with Crippen molar-refractivity contribution in [3.05, 3.63) is 23.9 Å². The lowest BCUT2D eigenvalue weighted by atomic mass is 9.52. The van der Waals surface area contributed by atoms with Crippen LogP contribution in [0.3, 0.4) is 0 Å². The minimum Gasteiger partial charge on any atom is -0.390 e. The van der Waals surface area contributed by atoms with Gasteiger partial charge < -0.3 is 15.3 Å². The van der Waals surface area contributed by atoms with Crippen LogP contribution in [0.25, 0.3) is 0 Å². The van der Waals surface area contributed by atoms with Gasteiger partial charge in [-0.3, -0.25) is 9.69 Å². The van der Waals surface area contributed by atoms with Gasteiger partial charge in [0.1, 0.15) is 5.82 Å². The molecule has 1 aromatic heterocycles. The first-order valence-corrected chi connectivity index (χ1v) is 11.7. The van der Waals surface area contributed by atoms with Gasteiger partial charge in [0.05, 0.1) is 17.2 Å². The van der Waals surface area contributed by atoms with Gasteiger partial charge in [-0.05, 0) is 68.9 Å². The van der Waals surface area contributed by atoms with Crippen molar-refractivity contribution in [1.29, 1.82) is 0 Å². The van der Waals surface area contributed by atoms with Crippen LogP contribution in [0, 0.1) is 17.8 Å². The summed E-state index contributed by atoms with van der Waals surface area (Å²) in [7, 11) is 0. The van der Waals surface area contributed by atoms with Crippen LogP contribution in [-0.4, -0.2) is 64.8 Å². The number of nitrogens with zero attached hydrogens (tertiary/aromatic N) is 3. The van der Waals surface area contributed by atoms with Crippen molar-refractivity contribution in [3.63, 3.8) is 0 Å². The van der Waals surface area contributed by atoms with Gasteiger partial charge in [-0.25, -0.2) is 4.98 Å². The summed E-state index contributed by atoms with van der Waals surface area (Å²) in [4.78, 5) is 20.7. The first-order chi connectivity index (χ1) is 15.1. The molecule has 4 aliphatic carbocycles. The van der Waals surface area contributed by atoms with E-state index in [1.807, 2.05) is 11.8 Å². The van der Waals surface area contributed by atoms with E-state index in [4.69, 9.17) is 0 Å². The summed E-state index contributed by atoms with van der Waals surface area (Å²) in [5.41, 5.74) is -1.25. The Morgan fingerprint density at radius 3 is 2.44 bits per heavy atom. The molecule has 6 nitrogen and oxygen atoms in total. The average Bonchev–Trinajstić information content (AvgIpc) is 2.74. The number of aromatic nitrogens is 1. The number of carbonyl (C=O) groups is 1. The number of amides is 1. The summed E-state index contributed by atoms with van der Waals surface area (Å²) >= 11 is 0. The van der Waals surface area contributed by atoms with Crippen molar-refractivity contribution in [2.75, 3.05) is 31.1 Å². The number of hydrogen-bond donors (Lipinski definition) is 2. The van der Waals surface area contributed by atoms with Gasteiger partial charge >= 0.3 is 6.18 Å². The second-order valence-corrected chi connectivity index (χ2v) is 10.3. The van der Waals surface area contributed by atoms with E-state index in [-0.39, 0.29) is 23.8 Å². The third-order valence-electron chi connectivity index (χ3n) is 8.18. The monoisotopic (exact) mass is 452 g/mol. The maximum atomic E-state index is 13.3. The molecule has 3 atom stereocenters. The van der Waals surface area contributed by atoms with E-state index in [1.165, 1.54) is 12.3 Å². The predicted molar refractivity (Wildman–Crippen MR) is 113 cm³/mol. The normalized spacial score (nSPS) is 35.7. The van der Waals surface area contributed by atoms with Crippen LogP contribution in [0.1, 0.15) is 44.6 Å². The molecular formula is C23H31F3N4O2. The van der Waals surface area contributed by atoms with E-state index in [0.717, 1.165) is 38.2 Å². The SMILES string of the molecule is C[C@@H](C(=O)NC1[C@H]2CC3C[C@H]1CC(O)(C3)C2)N1CCN(c2ncccc2C(F)(F)F)CC1. The lowest BCUT2D eigenvalue weighted by Crippen LogP contribution is -2.63. The standard InChI is InChI=1S/C23H31F3N4O2/c1-14(21(31)28-19-16-9-15-10-17(19)13-22(32,11-15)12-16)29-5-7-30(8-6-29)20-18(23(24,25)26)3-2-4-27-20/h2-4,14-17,19,32H,5-13H2,1H3,(H,28,31)/t14-,15?,16-,17-,19?,22?/m0/s1. The van der Waals surface area contributed by atoms with Crippen molar-refractivity contribution in [2.24, 2.45) is 17.8 Å². The summed E-state index contributed by atoms with van der Waals surface area (Å²) < 4.78 is 40.0. The fourth-order valence-electron chi connectivity index (χ4n) is 6.86.